The smallest absolute Gasteiger partial charge is 0.227 e. The van der Waals surface area contributed by atoms with Crippen LogP contribution in [0.25, 0.3) is 32.7 Å². The van der Waals surface area contributed by atoms with Gasteiger partial charge >= 0.3 is 0 Å². The van der Waals surface area contributed by atoms with Crippen molar-refractivity contribution in [2.75, 3.05) is 0 Å². The molecule has 0 aliphatic carbocycles. The molecule has 0 saturated heterocycles. The van der Waals surface area contributed by atoms with Crippen LogP contribution in [0.15, 0.2) is 122 Å². The van der Waals surface area contributed by atoms with E-state index in [0.717, 1.165) is 39.8 Å². The number of hydrogen-bond acceptors (Lipinski definition) is 3. The first-order valence-corrected chi connectivity index (χ1v) is 11.4. The van der Waals surface area contributed by atoms with Gasteiger partial charge in [-0.15, -0.1) is 0 Å². The van der Waals surface area contributed by atoms with E-state index in [-0.39, 0.29) is 0 Å². The standard InChI is InChI=1S/C31H22N2O/c1-3-13-28-23(8-1)15-17-32-30(28)20-22-7-5-10-25(19-22)26-11-6-12-27(21-26)34-31-29-14-4-2-9-24(29)16-18-33-31/h1-19,21H,20H2. The number of benzene rings is 4. The minimum absolute atomic E-state index is 0.617. The summed E-state index contributed by atoms with van der Waals surface area (Å²) in [4.78, 5) is 9.12. The van der Waals surface area contributed by atoms with Crippen LogP contribution in [0.4, 0.5) is 0 Å². The average Bonchev–Trinajstić information content (AvgIpc) is 2.90. The molecule has 2 heterocycles. The van der Waals surface area contributed by atoms with E-state index in [4.69, 9.17) is 4.74 Å². The maximum atomic E-state index is 6.21. The number of pyridine rings is 2. The Hall–Kier alpha value is -4.50. The predicted octanol–water partition coefficient (Wildman–Crippen LogP) is 7.83. The first-order chi connectivity index (χ1) is 16.8. The van der Waals surface area contributed by atoms with Crippen molar-refractivity contribution in [1.82, 2.24) is 9.97 Å². The molecule has 0 unspecified atom stereocenters. The second kappa shape index (κ2) is 8.80. The van der Waals surface area contributed by atoms with Crippen molar-refractivity contribution in [2.45, 2.75) is 6.42 Å². The van der Waals surface area contributed by atoms with E-state index in [9.17, 15) is 0 Å². The molecule has 2 aromatic heterocycles. The minimum atomic E-state index is 0.617. The van der Waals surface area contributed by atoms with Gasteiger partial charge in [0.25, 0.3) is 0 Å². The van der Waals surface area contributed by atoms with Crippen molar-refractivity contribution in [3.05, 3.63) is 133 Å². The molecule has 3 nitrogen and oxygen atoms in total. The zero-order chi connectivity index (χ0) is 22.7. The van der Waals surface area contributed by atoms with Gasteiger partial charge in [-0.3, -0.25) is 4.98 Å². The van der Waals surface area contributed by atoms with Gasteiger partial charge < -0.3 is 4.74 Å². The molecule has 162 valence electrons. The van der Waals surface area contributed by atoms with Gasteiger partial charge in [-0.25, -0.2) is 4.98 Å². The second-order valence-electron chi connectivity index (χ2n) is 8.32. The number of rotatable bonds is 5. The molecule has 34 heavy (non-hydrogen) atoms. The summed E-state index contributed by atoms with van der Waals surface area (Å²) in [6.07, 6.45) is 4.46. The number of aromatic nitrogens is 2. The van der Waals surface area contributed by atoms with Crippen molar-refractivity contribution >= 4 is 21.5 Å². The van der Waals surface area contributed by atoms with Crippen molar-refractivity contribution in [3.63, 3.8) is 0 Å². The van der Waals surface area contributed by atoms with Crippen molar-refractivity contribution in [1.29, 1.82) is 0 Å². The number of ether oxygens (including phenoxy) is 1. The summed E-state index contributed by atoms with van der Waals surface area (Å²) in [5.74, 6) is 1.38. The fraction of sp³-hybridized carbons (Fsp3) is 0.0323. The molecule has 0 aliphatic heterocycles. The van der Waals surface area contributed by atoms with Gasteiger partial charge in [-0.2, -0.15) is 0 Å². The molecular formula is C31H22N2O. The SMILES string of the molecule is c1cc(Cc2nccc3ccccc23)cc(-c2cccc(Oc3nccc4ccccc34)c2)c1. The lowest BCUT2D eigenvalue weighted by Gasteiger charge is -2.11. The van der Waals surface area contributed by atoms with Gasteiger partial charge in [0, 0.05) is 29.6 Å². The summed E-state index contributed by atoms with van der Waals surface area (Å²) in [5.41, 5.74) is 4.57. The van der Waals surface area contributed by atoms with E-state index in [1.165, 1.54) is 16.3 Å². The van der Waals surface area contributed by atoms with Gasteiger partial charge in [0.1, 0.15) is 5.75 Å². The lowest BCUT2D eigenvalue weighted by molar-refractivity contribution is 0.469. The molecule has 3 heteroatoms. The van der Waals surface area contributed by atoms with E-state index < -0.39 is 0 Å². The number of nitrogens with zero attached hydrogens (tertiary/aromatic N) is 2. The summed E-state index contributed by atoms with van der Waals surface area (Å²) in [7, 11) is 0. The van der Waals surface area contributed by atoms with E-state index in [1.807, 2.05) is 42.6 Å². The van der Waals surface area contributed by atoms with Crippen LogP contribution in [0, 0.1) is 0 Å². The zero-order valence-corrected chi connectivity index (χ0v) is 18.6. The fourth-order valence-corrected chi connectivity index (χ4v) is 4.40. The third kappa shape index (κ3) is 4.00. The highest BCUT2D eigenvalue weighted by molar-refractivity contribution is 5.87. The Labute approximate surface area is 198 Å². The molecule has 6 aromatic rings. The van der Waals surface area contributed by atoms with Gasteiger partial charge in [-0.1, -0.05) is 78.9 Å². The third-order valence-corrected chi connectivity index (χ3v) is 6.07. The summed E-state index contributed by atoms with van der Waals surface area (Å²) >= 11 is 0. The predicted molar refractivity (Wildman–Crippen MR) is 138 cm³/mol. The first-order valence-electron chi connectivity index (χ1n) is 11.4. The lowest BCUT2D eigenvalue weighted by atomic mass is 9.99. The molecular weight excluding hydrogens is 416 g/mol. The van der Waals surface area contributed by atoms with E-state index in [0.29, 0.717) is 5.88 Å². The normalized spacial score (nSPS) is 11.1. The van der Waals surface area contributed by atoms with Crippen molar-refractivity contribution < 1.29 is 4.74 Å². The van der Waals surface area contributed by atoms with Crippen LogP contribution >= 0.6 is 0 Å². The van der Waals surface area contributed by atoms with Crippen LogP contribution in [-0.4, -0.2) is 9.97 Å². The van der Waals surface area contributed by atoms with Crippen molar-refractivity contribution in [2.24, 2.45) is 0 Å². The van der Waals surface area contributed by atoms with Crippen LogP contribution in [0.1, 0.15) is 11.3 Å². The van der Waals surface area contributed by atoms with Crippen LogP contribution in [0.3, 0.4) is 0 Å². The minimum Gasteiger partial charge on any atom is -0.438 e. The molecule has 6 rings (SSSR count). The zero-order valence-electron chi connectivity index (χ0n) is 18.6. The largest absolute Gasteiger partial charge is 0.438 e. The third-order valence-electron chi connectivity index (χ3n) is 6.07. The molecule has 0 fully saturated rings. The van der Waals surface area contributed by atoms with Gasteiger partial charge in [0.2, 0.25) is 5.88 Å². The maximum Gasteiger partial charge on any atom is 0.227 e. The van der Waals surface area contributed by atoms with Crippen LogP contribution in [0.2, 0.25) is 0 Å². The Kier molecular flexibility index (Phi) is 5.21. The van der Waals surface area contributed by atoms with Crippen molar-refractivity contribution in [3.8, 4) is 22.8 Å². The Morgan fingerprint density at radius 1 is 0.559 bits per heavy atom. The van der Waals surface area contributed by atoms with Crippen LogP contribution in [0.5, 0.6) is 11.6 Å². The summed E-state index contributed by atoms with van der Waals surface area (Å²) in [6, 6.07) is 37.4. The van der Waals surface area contributed by atoms with Crippen LogP contribution < -0.4 is 4.74 Å². The van der Waals surface area contributed by atoms with Crippen LogP contribution in [-0.2, 0) is 6.42 Å². The molecule has 0 saturated carbocycles. The van der Waals surface area contributed by atoms with E-state index in [2.05, 4.69) is 82.8 Å². The molecule has 0 N–H and O–H groups in total. The highest BCUT2D eigenvalue weighted by Crippen LogP contribution is 2.31. The molecule has 0 bridgehead atoms. The molecule has 0 radical (unpaired) electrons. The number of hydrogen-bond donors (Lipinski definition) is 0. The maximum absolute atomic E-state index is 6.21. The summed E-state index contributed by atoms with van der Waals surface area (Å²) in [5, 5.41) is 4.53. The molecule has 0 amide bonds. The van der Waals surface area contributed by atoms with Gasteiger partial charge in [0.15, 0.2) is 0 Å². The fourth-order valence-electron chi connectivity index (χ4n) is 4.40. The molecule has 0 atom stereocenters. The lowest BCUT2D eigenvalue weighted by Crippen LogP contribution is -1.94. The Balaban J connectivity index is 1.30. The van der Waals surface area contributed by atoms with E-state index >= 15 is 0 Å². The molecule has 4 aromatic carbocycles. The monoisotopic (exact) mass is 438 g/mol. The second-order valence-corrected chi connectivity index (χ2v) is 8.32. The Morgan fingerprint density at radius 3 is 2.09 bits per heavy atom. The highest BCUT2D eigenvalue weighted by Gasteiger charge is 2.08. The van der Waals surface area contributed by atoms with E-state index in [1.54, 1.807) is 6.20 Å². The first kappa shape index (κ1) is 20.1. The highest BCUT2D eigenvalue weighted by atomic mass is 16.5. The average molecular weight is 439 g/mol. The quantitative estimate of drug-likeness (QED) is 0.275. The molecule has 0 spiro atoms. The molecule has 0 aliphatic rings. The van der Waals surface area contributed by atoms with Gasteiger partial charge in [0.05, 0.1) is 5.69 Å². The topological polar surface area (TPSA) is 35.0 Å². The Morgan fingerprint density at radius 2 is 1.24 bits per heavy atom. The summed E-state index contributed by atoms with van der Waals surface area (Å²) in [6.45, 7) is 0. The Bertz CT molecular complexity index is 1490. The summed E-state index contributed by atoms with van der Waals surface area (Å²) < 4.78 is 6.21. The number of fused-ring (bicyclic) bond motifs is 2. The van der Waals surface area contributed by atoms with Gasteiger partial charge in [-0.05, 0) is 57.8 Å².